The van der Waals surface area contributed by atoms with E-state index in [1.165, 1.54) is 29.7 Å². The molecule has 0 saturated heterocycles. The minimum atomic E-state index is -3.62. The van der Waals surface area contributed by atoms with Gasteiger partial charge in [-0.1, -0.05) is 23.7 Å². The van der Waals surface area contributed by atoms with Crippen LogP contribution in [-0.2, 0) is 16.6 Å². The van der Waals surface area contributed by atoms with Gasteiger partial charge in [0, 0.05) is 6.20 Å². The van der Waals surface area contributed by atoms with Crippen LogP contribution in [-0.4, -0.2) is 18.4 Å². The number of hydrogen-bond acceptors (Lipinski definition) is 5. The van der Waals surface area contributed by atoms with Crippen LogP contribution in [0.3, 0.4) is 0 Å². The van der Waals surface area contributed by atoms with Crippen molar-refractivity contribution in [3.05, 3.63) is 52.8 Å². The van der Waals surface area contributed by atoms with Crippen LogP contribution in [0.2, 0.25) is 5.15 Å². The van der Waals surface area contributed by atoms with Crippen molar-refractivity contribution in [1.82, 2.24) is 14.7 Å². The fourth-order valence-electron chi connectivity index (χ4n) is 1.76. The molecule has 2 aromatic heterocycles. The zero-order valence-electron chi connectivity index (χ0n) is 10.7. The summed E-state index contributed by atoms with van der Waals surface area (Å²) in [4.78, 5) is 8.22. The van der Waals surface area contributed by atoms with Crippen molar-refractivity contribution in [1.29, 1.82) is 0 Å². The van der Waals surface area contributed by atoms with Crippen molar-refractivity contribution in [2.24, 2.45) is 0 Å². The third-order valence-electron chi connectivity index (χ3n) is 2.76. The van der Waals surface area contributed by atoms with Crippen molar-refractivity contribution in [3.63, 3.8) is 0 Å². The van der Waals surface area contributed by atoms with Crippen molar-refractivity contribution in [3.8, 4) is 0 Å². The Bertz CT molecular complexity index is 843. The number of halogens is 1. The minimum absolute atomic E-state index is 0.0769. The summed E-state index contributed by atoms with van der Waals surface area (Å²) in [6, 6.07) is 10.5. The molecule has 2 heterocycles. The molecule has 1 aromatic carbocycles. The third-order valence-corrected chi connectivity index (χ3v) is 5.41. The molecule has 0 amide bonds. The summed E-state index contributed by atoms with van der Waals surface area (Å²) >= 11 is 7.11. The molecule has 0 aliphatic rings. The summed E-state index contributed by atoms with van der Waals surface area (Å²) < 4.78 is 27.8. The zero-order valence-corrected chi connectivity index (χ0v) is 13.0. The summed E-state index contributed by atoms with van der Waals surface area (Å²) in [6.45, 7) is 0.143. The molecule has 0 radical (unpaired) electrons. The second-order valence-electron chi connectivity index (χ2n) is 4.22. The molecule has 0 saturated carbocycles. The summed E-state index contributed by atoms with van der Waals surface area (Å²) in [5.74, 6) is 0. The Morgan fingerprint density at radius 3 is 2.71 bits per heavy atom. The van der Waals surface area contributed by atoms with Crippen molar-refractivity contribution in [2.75, 3.05) is 0 Å². The molecule has 0 aliphatic heterocycles. The van der Waals surface area contributed by atoms with Gasteiger partial charge in [0.05, 0.1) is 16.8 Å². The van der Waals surface area contributed by atoms with Crippen molar-refractivity contribution >= 4 is 43.2 Å². The lowest BCUT2D eigenvalue weighted by Crippen LogP contribution is -2.23. The molecule has 108 valence electrons. The molecule has 0 spiro atoms. The molecule has 3 aromatic rings. The van der Waals surface area contributed by atoms with E-state index in [-0.39, 0.29) is 16.6 Å². The first-order chi connectivity index (χ1) is 10.0. The normalized spacial score (nSPS) is 11.9. The Morgan fingerprint density at radius 2 is 2.00 bits per heavy atom. The molecule has 21 heavy (non-hydrogen) atoms. The van der Waals surface area contributed by atoms with Gasteiger partial charge >= 0.3 is 0 Å². The van der Waals surface area contributed by atoms with E-state index in [0.717, 1.165) is 10.2 Å². The SMILES string of the molecule is O=S(=O)(NCc1nc2ccccc2s1)c1ccc(Cl)nc1. The third kappa shape index (κ3) is 3.21. The van der Waals surface area contributed by atoms with Gasteiger partial charge < -0.3 is 0 Å². The number of nitrogens with one attached hydrogen (secondary N) is 1. The zero-order chi connectivity index (χ0) is 14.9. The van der Waals surface area contributed by atoms with Crippen LogP contribution < -0.4 is 4.72 Å². The Labute approximate surface area is 130 Å². The van der Waals surface area contributed by atoms with Gasteiger partial charge in [-0.25, -0.2) is 23.1 Å². The van der Waals surface area contributed by atoms with E-state index in [9.17, 15) is 8.42 Å². The van der Waals surface area contributed by atoms with Crippen LogP contribution in [0.4, 0.5) is 0 Å². The molecular formula is C13H10ClN3O2S2. The average Bonchev–Trinajstić information content (AvgIpc) is 2.89. The van der Waals surface area contributed by atoms with E-state index in [0.29, 0.717) is 5.01 Å². The maximum absolute atomic E-state index is 12.1. The summed E-state index contributed by atoms with van der Waals surface area (Å²) in [7, 11) is -3.62. The van der Waals surface area contributed by atoms with Crippen LogP contribution in [0.1, 0.15) is 5.01 Å². The number of para-hydroxylation sites is 1. The van der Waals surface area contributed by atoms with Crippen molar-refractivity contribution < 1.29 is 8.42 Å². The number of benzene rings is 1. The largest absolute Gasteiger partial charge is 0.243 e. The lowest BCUT2D eigenvalue weighted by atomic mass is 10.3. The molecule has 1 N–H and O–H groups in total. The average molecular weight is 340 g/mol. The second kappa shape index (κ2) is 5.69. The first-order valence-electron chi connectivity index (χ1n) is 6.00. The predicted molar refractivity (Wildman–Crippen MR) is 82.9 cm³/mol. The maximum Gasteiger partial charge on any atom is 0.242 e. The van der Waals surface area contributed by atoms with Gasteiger partial charge in [0.25, 0.3) is 0 Å². The highest BCUT2D eigenvalue weighted by Gasteiger charge is 2.15. The highest BCUT2D eigenvalue weighted by Crippen LogP contribution is 2.21. The van der Waals surface area contributed by atoms with E-state index in [1.54, 1.807) is 0 Å². The van der Waals surface area contributed by atoms with Crippen LogP contribution in [0.5, 0.6) is 0 Å². The van der Waals surface area contributed by atoms with Crippen LogP contribution in [0, 0.1) is 0 Å². The first kappa shape index (κ1) is 14.4. The Kier molecular flexibility index (Phi) is 3.90. The monoisotopic (exact) mass is 339 g/mol. The van der Waals surface area contributed by atoms with E-state index in [1.807, 2.05) is 24.3 Å². The number of aromatic nitrogens is 2. The minimum Gasteiger partial charge on any atom is -0.243 e. The van der Waals surface area contributed by atoms with Gasteiger partial charge in [0.15, 0.2) is 0 Å². The van der Waals surface area contributed by atoms with Crippen LogP contribution in [0.25, 0.3) is 10.2 Å². The maximum atomic E-state index is 12.1. The van der Waals surface area contributed by atoms with E-state index < -0.39 is 10.0 Å². The van der Waals surface area contributed by atoms with Gasteiger partial charge in [-0.2, -0.15) is 0 Å². The van der Waals surface area contributed by atoms with Gasteiger partial charge in [-0.05, 0) is 24.3 Å². The molecule has 8 heteroatoms. The topological polar surface area (TPSA) is 72.0 Å². The van der Waals surface area contributed by atoms with Crippen LogP contribution in [0.15, 0.2) is 47.5 Å². The number of pyridine rings is 1. The number of rotatable bonds is 4. The van der Waals surface area contributed by atoms with E-state index in [4.69, 9.17) is 11.6 Å². The molecule has 0 atom stereocenters. The quantitative estimate of drug-likeness (QED) is 0.742. The van der Waals surface area contributed by atoms with E-state index >= 15 is 0 Å². The highest BCUT2D eigenvalue weighted by molar-refractivity contribution is 7.89. The second-order valence-corrected chi connectivity index (χ2v) is 7.49. The smallest absolute Gasteiger partial charge is 0.242 e. The number of nitrogens with zero attached hydrogens (tertiary/aromatic N) is 2. The molecule has 0 unspecified atom stereocenters. The van der Waals surface area contributed by atoms with Gasteiger partial charge in [0.1, 0.15) is 15.1 Å². The Hall–Kier alpha value is -1.54. The Balaban J connectivity index is 1.78. The first-order valence-corrected chi connectivity index (χ1v) is 8.68. The van der Waals surface area contributed by atoms with Gasteiger partial charge in [0.2, 0.25) is 10.0 Å². The number of hydrogen-bond donors (Lipinski definition) is 1. The fraction of sp³-hybridized carbons (Fsp3) is 0.0769. The molecule has 3 rings (SSSR count). The number of sulfonamides is 1. The predicted octanol–water partition coefficient (Wildman–Crippen LogP) is 2.82. The fourth-order valence-corrected chi connectivity index (χ4v) is 3.80. The molecule has 0 fully saturated rings. The lowest BCUT2D eigenvalue weighted by Gasteiger charge is -2.04. The number of thiazole rings is 1. The van der Waals surface area contributed by atoms with Crippen LogP contribution >= 0.6 is 22.9 Å². The summed E-state index contributed by atoms with van der Waals surface area (Å²) in [6.07, 6.45) is 1.23. The van der Waals surface area contributed by atoms with E-state index in [2.05, 4.69) is 14.7 Å². The number of fused-ring (bicyclic) bond motifs is 1. The van der Waals surface area contributed by atoms with Crippen molar-refractivity contribution in [2.45, 2.75) is 11.4 Å². The van der Waals surface area contributed by atoms with Gasteiger partial charge in [-0.3, -0.25) is 0 Å². The molecular weight excluding hydrogens is 330 g/mol. The van der Waals surface area contributed by atoms with Gasteiger partial charge in [-0.15, -0.1) is 11.3 Å². The molecule has 5 nitrogen and oxygen atoms in total. The molecule has 0 bridgehead atoms. The molecule has 0 aliphatic carbocycles. The standard InChI is InChI=1S/C13H10ClN3O2S2/c14-12-6-5-9(7-15-12)21(18,19)16-8-13-17-10-3-1-2-4-11(10)20-13/h1-7,16H,8H2. The summed E-state index contributed by atoms with van der Waals surface area (Å²) in [5.41, 5.74) is 0.866. The summed E-state index contributed by atoms with van der Waals surface area (Å²) in [5, 5.41) is 0.960. The Morgan fingerprint density at radius 1 is 1.19 bits per heavy atom. The highest BCUT2D eigenvalue weighted by atomic mass is 35.5. The lowest BCUT2D eigenvalue weighted by molar-refractivity contribution is 0.581.